The summed E-state index contributed by atoms with van der Waals surface area (Å²) in [5.74, 6) is 0. The fourth-order valence-corrected chi connectivity index (χ4v) is 22.1. The summed E-state index contributed by atoms with van der Waals surface area (Å²) in [5, 5.41) is 7.20. The maximum Gasteiger partial charge on any atom is 0.0262 e. The largest absolute Gasteiger partial charge is 0.0654 e. The molecule has 0 aliphatic heterocycles. The van der Waals surface area contributed by atoms with Gasteiger partial charge in [0.1, 0.15) is 0 Å². The molecule has 0 radical (unpaired) electrons. The quantitative estimate of drug-likeness (QED) is 0.0387. The van der Waals surface area contributed by atoms with Gasteiger partial charge in [0.05, 0.1) is 0 Å². The minimum Gasteiger partial charge on any atom is -0.0654 e. The zero-order valence-corrected chi connectivity index (χ0v) is 56.7. The summed E-state index contributed by atoms with van der Waals surface area (Å²) >= 11 is 0. The van der Waals surface area contributed by atoms with Crippen LogP contribution < -0.4 is 21.2 Å². The van der Waals surface area contributed by atoms with Gasteiger partial charge in [-0.25, -0.2) is 0 Å². The first-order valence-electron chi connectivity index (χ1n) is 34.8. The predicted molar refractivity (Wildman–Crippen MR) is 365 cm³/mol. The van der Waals surface area contributed by atoms with E-state index in [-0.39, 0.29) is 4.90 Å². The Labute approximate surface area is 495 Å². The molecular formula is C77H126P2. The lowest BCUT2D eigenvalue weighted by molar-refractivity contribution is 0.717. The molecule has 79 heavy (non-hydrogen) atoms. The van der Waals surface area contributed by atoms with Gasteiger partial charge < -0.3 is 0 Å². The minimum atomic E-state index is -0.870. The van der Waals surface area contributed by atoms with Crippen molar-refractivity contribution < 1.29 is 0 Å². The Bertz CT molecular complexity index is 1980. The van der Waals surface area contributed by atoms with Gasteiger partial charge >= 0.3 is 0 Å². The summed E-state index contributed by atoms with van der Waals surface area (Å²) in [7, 11) is -1.74. The molecule has 0 aliphatic carbocycles. The van der Waals surface area contributed by atoms with E-state index in [0.29, 0.717) is 0 Å². The highest BCUT2D eigenvalue weighted by Crippen LogP contribution is 2.70. The van der Waals surface area contributed by atoms with Crippen molar-refractivity contribution in [2.45, 2.75) is 346 Å². The van der Waals surface area contributed by atoms with Gasteiger partial charge in [-0.2, -0.15) is 0 Å². The van der Waals surface area contributed by atoms with Crippen molar-refractivity contribution in [3.8, 4) is 0 Å². The Morgan fingerprint density at radius 1 is 0.215 bits per heavy atom. The van der Waals surface area contributed by atoms with Crippen molar-refractivity contribution in [1.82, 2.24) is 0 Å². The van der Waals surface area contributed by atoms with Crippen LogP contribution in [-0.2, 0) is 77.0 Å². The van der Waals surface area contributed by atoms with Crippen LogP contribution in [0.2, 0.25) is 0 Å². The van der Waals surface area contributed by atoms with Gasteiger partial charge in [0, 0.05) is 4.90 Å². The van der Waals surface area contributed by atoms with Gasteiger partial charge in [-0.1, -0.05) is 223 Å². The van der Waals surface area contributed by atoms with Gasteiger partial charge in [-0.05, 0) is 271 Å². The molecule has 0 bridgehead atoms. The lowest BCUT2D eigenvalue weighted by atomic mass is 9.90. The average Bonchev–Trinajstić information content (AvgIpc) is 3.54. The molecule has 4 aromatic carbocycles. The number of hydrogen-bond donors (Lipinski definition) is 0. The minimum absolute atomic E-state index is 0.0222. The van der Waals surface area contributed by atoms with E-state index in [9.17, 15) is 0 Å². The molecule has 0 unspecified atom stereocenters. The third-order valence-electron chi connectivity index (χ3n) is 18.4. The van der Waals surface area contributed by atoms with E-state index in [4.69, 9.17) is 0 Å². The molecule has 4 aromatic rings. The number of hydrogen-bond acceptors (Lipinski definition) is 0. The fraction of sp³-hybridized carbons (Fsp3) is 0.688. The van der Waals surface area contributed by atoms with E-state index in [0.717, 1.165) is 0 Å². The summed E-state index contributed by atoms with van der Waals surface area (Å²) in [5.41, 5.74) is 21.0. The molecular weight excluding hydrogens is 987 g/mol. The topological polar surface area (TPSA) is 0 Å². The number of benzene rings is 4. The van der Waals surface area contributed by atoms with Crippen LogP contribution in [0.3, 0.4) is 0 Å². The van der Waals surface area contributed by atoms with Crippen LogP contribution in [0, 0.1) is 0 Å². The van der Waals surface area contributed by atoms with Gasteiger partial charge in [0.25, 0.3) is 0 Å². The Morgan fingerprint density at radius 3 is 0.544 bits per heavy atom. The van der Waals surface area contributed by atoms with Gasteiger partial charge in [0.2, 0.25) is 0 Å². The monoisotopic (exact) mass is 1110 g/mol. The second-order valence-electron chi connectivity index (χ2n) is 24.4. The third-order valence-corrected chi connectivity index (χ3v) is 26.1. The van der Waals surface area contributed by atoms with Crippen molar-refractivity contribution in [2.24, 2.45) is 0 Å². The fourth-order valence-electron chi connectivity index (χ4n) is 13.5. The molecule has 0 saturated carbocycles. The molecule has 444 valence electrons. The number of aryl methyl sites for hydroxylation is 4. The zero-order chi connectivity index (χ0) is 57.4. The first-order chi connectivity index (χ1) is 38.7. The molecule has 0 heterocycles. The average molecular weight is 1110 g/mol. The van der Waals surface area contributed by atoms with E-state index < -0.39 is 15.8 Å². The highest BCUT2D eigenvalue weighted by molar-refractivity contribution is 7.91. The molecule has 0 atom stereocenters. The normalized spacial score (nSPS) is 12.1. The molecule has 4 rings (SSSR count). The molecule has 0 spiro atoms. The smallest absolute Gasteiger partial charge is 0.0262 e. The molecule has 0 fully saturated rings. The molecule has 0 N–H and O–H groups in total. The second kappa shape index (κ2) is 39.3. The Balaban J connectivity index is 2.55. The number of rotatable bonds is 44. The Kier molecular flexibility index (Phi) is 34.5. The van der Waals surface area contributed by atoms with Crippen molar-refractivity contribution in [3.05, 3.63) is 115 Å². The van der Waals surface area contributed by atoms with Crippen LogP contribution >= 0.6 is 15.8 Å². The van der Waals surface area contributed by atoms with Gasteiger partial charge in [-0.15, -0.1) is 0 Å². The number of unbranched alkanes of at least 4 members (excludes halogenated alkanes) is 12. The van der Waals surface area contributed by atoms with Crippen molar-refractivity contribution >= 4 is 37.1 Å². The van der Waals surface area contributed by atoms with Crippen LogP contribution in [0.1, 0.15) is 331 Å². The zero-order valence-electron chi connectivity index (χ0n) is 54.9. The van der Waals surface area contributed by atoms with E-state index in [2.05, 4.69) is 145 Å². The maximum atomic E-state index is 2.85. The molecule has 0 nitrogen and oxygen atoms in total. The van der Waals surface area contributed by atoms with E-state index in [1.165, 1.54) is 244 Å². The van der Waals surface area contributed by atoms with Crippen molar-refractivity contribution in [3.63, 3.8) is 0 Å². The van der Waals surface area contributed by atoms with Crippen LogP contribution in [0.15, 0.2) is 48.5 Å². The summed E-state index contributed by atoms with van der Waals surface area (Å²) in [6.07, 6.45) is 47.5. The van der Waals surface area contributed by atoms with Crippen molar-refractivity contribution in [1.29, 1.82) is 0 Å². The second-order valence-corrected chi connectivity index (χ2v) is 29.7. The first-order valence-corrected chi connectivity index (χ1v) is 37.5. The molecule has 0 aliphatic rings. The Morgan fingerprint density at radius 2 is 0.380 bits per heavy atom. The van der Waals surface area contributed by atoms with Crippen LogP contribution in [0.25, 0.3) is 0 Å². The molecule has 0 saturated heterocycles. The van der Waals surface area contributed by atoms with E-state index in [1.807, 2.05) is 0 Å². The summed E-state index contributed by atoms with van der Waals surface area (Å²) in [6.45, 7) is 34.7. The highest BCUT2D eigenvalue weighted by Gasteiger charge is 2.49. The SMILES string of the molecule is CCCCc1ccc(P(c2ccc(CCCC)c(CCCC)c2CCCC)C(CC)(CC)P(c2ccc(CCCC)c(CCCC)c2CCCC)c2ccc(CCCC)c(CCCC)c2CCCC)c(CCCC)c1CCCC. The van der Waals surface area contributed by atoms with E-state index in [1.54, 1.807) is 88.0 Å². The molecule has 0 amide bonds. The van der Waals surface area contributed by atoms with Crippen LogP contribution in [0.4, 0.5) is 0 Å². The predicted octanol–water partition coefficient (Wildman–Crippen LogP) is 22.9. The lowest BCUT2D eigenvalue weighted by Gasteiger charge is -2.50. The Hall–Kier alpha value is -2.26. The summed E-state index contributed by atoms with van der Waals surface area (Å²) in [4.78, 5) is 0.0222. The van der Waals surface area contributed by atoms with Crippen LogP contribution in [-0.4, -0.2) is 4.90 Å². The van der Waals surface area contributed by atoms with E-state index >= 15 is 0 Å². The third kappa shape index (κ3) is 18.9. The van der Waals surface area contributed by atoms with Gasteiger partial charge in [0.15, 0.2) is 0 Å². The molecule has 2 heteroatoms. The molecule has 0 aromatic heterocycles. The van der Waals surface area contributed by atoms with Crippen molar-refractivity contribution in [2.75, 3.05) is 0 Å². The standard InChI is InChI=1S/C77H126P2/c1-15-29-41-61-53-57-73(69(49-37-23-9)65(61)45-33-19-5)78(74-58-54-62(42-30-16-2)66(46-34-20-6)70(74)50-38-24-10)77(27-13,28-14)79(75-59-55-63(43-31-17-3)67(47-35-21-7)71(75)51-39-25-11)76-60-56-64(44-32-18-4)68(48-36-22-8)72(76)52-40-26-12/h53-60H,15-52H2,1-14H3. The summed E-state index contributed by atoms with van der Waals surface area (Å²) < 4.78 is 0. The maximum absolute atomic E-state index is 2.85. The lowest BCUT2D eigenvalue weighted by Crippen LogP contribution is -2.42. The first kappa shape index (κ1) is 69.2. The summed E-state index contributed by atoms with van der Waals surface area (Å²) in [6, 6.07) is 22.4. The highest BCUT2D eigenvalue weighted by atomic mass is 31.2. The van der Waals surface area contributed by atoms with Gasteiger partial charge in [-0.3, -0.25) is 0 Å². The van der Waals surface area contributed by atoms with Crippen LogP contribution in [0.5, 0.6) is 0 Å².